The van der Waals surface area contributed by atoms with E-state index < -0.39 is 5.60 Å². The zero-order valence-electron chi connectivity index (χ0n) is 18.1. The summed E-state index contributed by atoms with van der Waals surface area (Å²) >= 11 is 0. The van der Waals surface area contributed by atoms with Gasteiger partial charge in [0.2, 0.25) is 5.91 Å². The molecule has 0 aliphatic rings. The highest BCUT2D eigenvalue weighted by molar-refractivity contribution is 5.76. The summed E-state index contributed by atoms with van der Waals surface area (Å²) in [6, 6.07) is 0. The van der Waals surface area contributed by atoms with E-state index in [0.717, 1.165) is 58.0 Å². The SMILES string of the molecule is CCCCCN(CCCN)C(=O)CCCCCCCNC(=O)OC(C)(C)C. The smallest absolute Gasteiger partial charge is 0.407 e. The third kappa shape index (κ3) is 16.6. The molecule has 6 nitrogen and oxygen atoms in total. The Labute approximate surface area is 166 Å². The molecule has 0 aromatic heterocycles. The lowest BCUT2D eigenvalue weighted by Crippen LogP contribution is -2.33. The molecule has 0 rings (SSSR count). The van der Waals surface area contributed by atoms with Gasteiger partial charge >= 0.3 is 6.09 Å². The van der Waals surface area contributed by atoms with E-state index in [-0.39, 0.29) is 12.0 Å². The van der Waals surface area contributed by atoms with Crippen molar-refractivity contribution in [3.05, 3.63) is 0 Å². The first kappa shape index (κ1) is 25.7. The Morgan fingerprint density at radius 3 is 2.19 bits per heavy atom. The van der Waals surface area contributed by atoms with Gasteiger partial charge in [-0.3, -0.25) is 4.79 Å². The van der Waals surface area contributed by atoms with Crippen LogP contribution in [-0.4, -0.2) is 48.7 Å². The molecule has 2 amide bonds. The van der Waals surface area contributed by atoms with Crippen molar-refractivity contribution in [2.24, 2.45) is 5.73 Å². The van der Waals surface area contributed by atoms with Crippen LogP contribution >= 0.6 is 0 Å². The molecule has 160 valence electrons. The van der Waals surface area contributed by atoms with Crippen molar-refractivity contribution < 1.29 is 14.3 Å². The lowest BCUT2D eigenvalue weighted by molar-refractivity contribution is -0.131. The number of carbonyl (C=O) groups excluding carboxylic acids is 2. The molecule has 0 atom stereocenters. The van der Waals surface area contributed by atoms with Crippen LogP contribution in [0, 0.1) is 0 Å². The third-order valence-corrected chi connectivity index (χ3v) is 4.25. The van der Waals surface area contributed by atoms with Gasteiger partial charge in [0.05, 0.1) is 0 Å². The summed E-state index contributed by atoms with van der Waals surface area (Å²) in [5, 5.41) is 2.77. The van der Waals surface area contributed by atoms with Gasteiger partial charge in [-0.1, -0.05) is 39.0 Å². The summed E-state index contributed by atoms with van der Waals surface area (Å²) in [7, 11) is 0. The van der Waals surface area contributed by atoms with Gasteiger partial charge in [0.1, 0.15) is 5.60 Å². The predicted octanol–water partition coefficient (Wildman–Crippen LogP) is 4.22. The lowest BCUT2D eigenvalue weighted by Gasteiger charge is -2.22. The Hall–Kier alpha value is -1.30. The molecule has 0 spiro atoms. The Balaban J connectivity index is 3.76. The van der Waals surface area contributed by atoms with Crippen LogP contribution in [0.5, 0.6) is 0 Å². The van der Waals surface area contributed by atoms with E-state index in [1.165, 1.54) is 12.8 Å². The second-order valence-electron chi connectivity index (χ2n) is 8.18. The predicted molar refractivity (Wildman–Crippen MR) is 112 cm³/mol. The van der Waals surface area contributed by atoms with Crippen molar-refractivity contribution in [2.75, 3.05) is 26.2 Å². The van der Waals surface area contributed by atoms with Crippen LogP contribution in [0.25, 0.3) is 0 Å². The normalized spacial score (nSPS) is 11.3. The minimum absolute atomic E-state index is 0.270. The Morgan fingerprint density at radius 2 is 1.56 bits per heavy atom. The van der Waals surface area contributed by atoms with Crippen LogP contribution in [-0.2, 0) is 9.53 Å². The minimum Gasteiger partial charge on any atom is -0.444 e. The summed E-state index contributed by atoms with van der Waals surface area (Å²) in [5.74, 6) is 0.270. The summed E-state index contributed by atoms with van der Waals surface area (Å²) < 4.78 is 5.19. The highest BCUT2D eigenvalue weighted by Gasteiger charge is 2.15. The van der Waals surface area contributed by atoms with E-state index in [9.17, 15) is 9.59 Å². The van der Waals surface area contributed by atoms with Gasteiger partial charge in [-0.2, -0.15) is 0 Å². The molecule has 0 aromatic rings. The standard InChI is InChI=1S/C21H43N3O3/c1-5-6-12-17-24(18-13-15-22)19(25)14-10-8-7-9-11-16-23-20(26)27-21(2,3)4/h5-18,22H2,1-4H3,(H,23,26). The van der Waals surface area contributed by atoms with E-state index >= 15 is 0 Å². The van der Waals surface area contributed by atoms with Crippen LogP contribution in [0.15, 0.2) is 0 Å². The third-order valence-electron chi connectivity index (χ3n) is 4.25. The number of hydrogen-bond donors (Lipinski definition) is 2. The lowest BCUT2D eigenvalue weighted by atomic mass is 10.1. The van der Waals surface area contributed by atoms with E-state index in [2.05, 4.69) is 12.2 Å². The summed E-state index contributed by atoms with van der Waals surface area (Å²) in [5.41, 5.74) is 5.13. The van der Waals surface area contributed by atoms with Crippen LogP contribution in [0.3, 0.4) is 0 Å². The minimum atomic E-state index is -0.453. The van der Waals surface area contributed by atoms with Crippen LogP contribution in [0.1, 0.15) is 91.9 Å². The summed E-state index contributed by atoms with van der Waals surface area (Å²) in [4.78, 5) is 25.9. The van der Waals surface area contributed by atoms with Crippen molar-refractivity contribution in [3.8, 4) is 0 Å². The molecule has 0 saturated heterocycles. The van der Waals surface area contributed by atoms with Gasteiger partial charge in [0.25, 0.3) is 0 Å². The second-order valence-corrected chi connectivity index (χ2v) is 8.18. The number of alkyl carbamates (subject to hydrolysis) is 1. The molecule has 27 heavy (non-hydrogen) atoms. The number of nitrogens with two attached hydrogens (primary N) is 1. The molecule has 3 N–H and O–H groups in total. The quantitative estimate of drug-likeness (QED) is 0.413. The fraction of sp³-hybridized carbons (Fsp3) is 0.905. The average Bonchev–Trinajstić information content (AvgIpc) is 2.58. The van der Waals surface area contributed by atoms with Crippen molar-refractivity contribution in [1.29, 1.82) is 0 Å². The van der Waals surface area contributed by atoms with E-state index in [1.807, 2.05) is 25.7 Å². The number of nitrogens with one attached hydrogen (secondary N) is 1. The highest BCUT2D eigenvalue weighted by Crippen LogP contribution is 2.09. The average molecular weight is 386 g/mol. The molecule has 0 aliphatic heterocycles. The maximum atomic E-state index is 12.4. The molecule has 0 heterocycles. The van der Waals surface area contributed by atoms with Crippen molar-refractivity contribution in [1.82, 2.24) is 10.2 Å². The topological polar surface area (TPSA) is 84.7 Å². The fourth-order valence-electron chi connectivity index (χ4n) is 2.79. The van der Waals surface area contributed by atoms with Gasteiger partial charge in [-0.15, -0.1) is 0 Å². The number of unbranched alkanes of at least 4 members (excludes halogenated alkanes) is 6. The molecule has 6 heteroatoms. The number of rotatable bonds is 15. The fourth-order valence-corrected chi connectivity index (χ4v) is 2.79. The maximum Gasteiger partial charge on any atom is 0.407 e. The largest absolute Gasteiger partial charge is 0.444 e. The molecule has 0 aromatic carbocycles. The molecule has 0 bridgehead atoms. The van der Waals surface area contributed by atoms with Gasteiger partial charge in [-0.05, 0) is 53.0 Å². The van der Waals surface area contributed by atoms with Crippen LogP contribution in [0.4, 0.5) is 4.79 Å². The van der Waals surface area contributed by atoms with Gasteiger partial charge < -0.3 is 20.7 Å². The van der Waals surface area contributed by atoms with Crippen molar-refractivity contribution >= 4 is 12.0 Å². The first-order valence-corrected chi connectivity index (χ1v) is 10.7. The number of ether oxygens (including phenoxy) is 1. The van der Waals surface area contributed by atoms with Crippen LogP contribution in [0.2, 0.25) is 0 Å². The summed E-state index contributed by atoms with van der Waals surface area (Å²) in [6.45, 7) is 10.7. The highest BCUT2D eigenvalue weighted by atomic mass is 16.6. The second kappa shape index (κ2) is 15.7. The molecule has 0 fully saturated rings. The molecular formula is C21H43N3O3. The molecule has 0 aliphatic carbocycles. The molecular weight excluding hydrogens is 342 g/mol. The van der Waals surface area contributed by atoms with Gasteiger partial charge in [0, 0.05) is 26.1 Å². The first-order chi connectivity index (χ1) is 12.8. The number of nitrogens with zero attached hydrogens (tertiary/aromatic N) is 1. The number of hydrogen-bond acceptors (Lipinski definition) is 4. The van der Waals surface area contributed by atoms with Gasteiger partial charge in [-0.25, -0.2) is 4.79 Å². The van der Waals surface area contributed by atoms with Crippen molar-refractivity contribution in [3.63, 3.8) is 0 Å². The molecule has 0 unspecified atom stereocenters. The zero-order valence-corrected chi connectivity index (χ0v) is 18.1. The van der Waals surface area contributed by atoms with Gasteiger partial charge in [0.15, 0.2) is 0 Å². The number of amides is 2. The Kier molecular flexibility index (Phi) is 15.0. The number of carbonyl (C=O) groups is 2. The van der Waals surface area contributed by atoms with Crippen LogP contribution < -0.4 is 11.1 Å². The molecule has 0 radical (unpaired) electrons. The van der Waals surface area contributed by atoms with E-state index in [0.29, 0.717) is 19.5 Å². The summed E-state index contributed by atoms with van der Waals surface area (Å²) in [6.07, 6.45) is 9.64. The first-order valence-electron chi connectivity index (χ1n) is 10.7. The maximum absolute atomic E-state index is 12.4. The molecule has 0 saturated carbocycles. The Bertz CT molecular complexity index is 395. The zero-order chi connectivity index (χ0) is 20.5. The Morgan fingerprint density at radius 1 is 0.926 bits per heavy atom. The monoisotopic (exact) mass is 385 g/mol. The van der Waals surface area contributed by atoms with Crippen molar-refractivity contribution in [2.45, 2.75) is 97.5 Å². The van der Waals surface area contributed by atoms with E-state index in [1.54, 1.807) is 0 Å². The van der Waals surface area contributed by atoms with E-state index in [4.69, 9.17) is 10.5 Å².